The first kappa shape index (κ1) is 27.5. The number of hydrogen-bond donors (Lipinski definition) is 2. The van der Waals surface area contributed by atoms with E-state index in [1.165, 1.54) is 29.2 Å². The number of benzene rings is 2. The molecule has 9 heteroatoms. The van der Waals surface area contributed by atoms with E-state index in [2.05, 4.69) is 10.0 Å². The van der Waals surface area contributed by atoms with Gasteiger partial charge in [-0.05, 0) is 55.2 Å². The maximum Gasteiger partial charge on any atom is 0.242 e. The Morgan fingerprint density at radius 2 is 1.62 bits per heavy atom. The minimum Gasteiger partial charge on any atom is -0.354 e. The fourth-order valence-electron chi connectivity index (χ4n) is 3.41. The number of aryl methyl sites for hydroxylation is 1. The van der Waals surface area contributed by atoms with Crippen LogP contribution in [0.3, 0.4) is 0 Å². The summed E-state index contributed by atoms with van der Waals surface area (Å²) in [5, 5.41) is 2.86. The van der Waals surface area contributed by atoms with Crippen molar-refractivity contribution in [1.82, 2.24) is 14.9 Å². The molecule has 2 aromatic carbocycles. The summed E-state index contributed by atoms with van der Waals surface area (Å²) in [6.45, 7) is 6.44. The van der Waals surface area contributed by atoms with Gasteiger partial charge in [0.15, 0.2) is 0 Å². The third-order valence-corrected chi connectivity index (χ3v) is 7.02. The van der Waals surface area contributed by atoms with E-state index in [1.54, 1.807) is 38.1 Å². The Kier molecular flexibility index (Phi) is 10.7. The van der Waals surface area contributed by atoms with E-state index in [0.29, 0.717) is 19.5 Å². The molecule has 0 bridgehead atoms. The Hall–Kier alpha value is -2.78. The van der Waals surface area contributed by atoms with E-state index in [1.807, 2.05) is 6.92 Å². The lowest BCUT2D eigenvalue weighted by molar-refractivity contribution is -0.140. The summed E-state index contributed by atoms with van der Waals surface area (Å²) in [5.74, 6) is -0.819. The molecular weight excluding hydrogens is 457 g/mol. The molecule has 0 spiro atoms. The van der Waals surface area contributed by atoms with Gasteiger partial charge in [0.2, 0.25) is 21.8 Å². The fourth-order valence-corrected chi connectivity index (χ4v) is 4.45. The van der Waals surface area contributed by atoms with Gasteiger partial charge in [0.25, 0.3) is 0 Å². The number of carbonyl (C=O) groups excluding carboxylic acids is 2. The third kappa shape index (κ3) is 8.22. The third-order valence-electron chi connectivity index (χ3n) is 5.46. The molecule has 0 heterocycles. The van der Waals surface area contributed by atoms with Gasteiger partial charge in [0.1, 0.15) is 11.9 Å². The van der Waals surface area contributed by atoms with Crippen molar-refractivity contribution in [3.8, 4) is 0 Å². The molecule has 0 aliphatic carbocycles. The maximum absolute atomic E-state index is 13.3. The van der Waals surface area contributed by atoms with Crippen molar-refractivity contribution in [2.45, 2.75) is 63.9 Å². The van der Waals surface area contributed by atoms with Crippen molar-refractivity contribution in [3.63, 3.8) is 0 Å². The number of unbranched alkanes of at least 4 members (excludes halogenated alkanes) is 1. The largest absolute Gasteiger partial charge is 0.354 e. The highest BCUT2D eigenvalue weighted by Gasteiger charge is 2.25. The average Bonchev–Trinajstić information content (AvgIpc) is 2.82. The second-order valence-corrected chi connectivity index (χ2v) is 9.88. The summed E-state index contributed by atoms with van der Waals surface area (Å²) in [7, 11) is -3.54. The van der Waals surface area contributed by atoms with Gasteiger partial charge in [0, 0.05) is 26.1 Å². The van der Waals surface area contributed by atoms with Crippen molar-refractivity contribution in [2.75, 3.05) is 13.1 Å². The number of nitrogens with one attached hydrogen (secondary N) is 2. The minimum absolute atomic E-state index is 0.146. The number of halogens is 1. The monoisotopic (exact) mass is 491 g/mol. The van der Waals surface area contributed by atoms with Crippen molar-refractivity contribution in [2.24, 2.45) is 0 Å². The topological polar surface area (TPSA) is 95.6 Å². The lowest BCUT2D eigenvalue weighted by Crippen LogP contribution is -2.47. The Morgan fingerprint density at radius 3 is 2.21 bits per heavy atom. The molecular formula is C25H34FN3O4S. The predicted molar refractivity (Wildman–Crippen MR) is 130 cm³/mol. The molecule has 0 radical (unpaired) electrons. The van der Waals surface area contributed by atoms with Crippen molar-refractivity contribution < 1.29 is 22.4 Å². The Bertz CT molecular complexity index is 1040. The Morgan fingerprint density at radius 1 is 1.00 bits per heavy atom. The highest BCUT2D eigenvalue weighted by molar-refractivity contribution is 7.89. The second kappa shape index (κ2) is 13.2. The first-order valence-corrected chi connectivity index (χ1v) is 13.1. The molecule has 186 valence electrons. The van der Waals surface area contributed by atoms with E-state index < -0.39 is 16.1 Å². The number of nitrogens with zero attached hydrogens (tertiary/aromatic N) is 1. The van der Waals surface area contributed by atoms with Gasteiger partial charge >= 0.3 is 0 Å². The summed E-state index contributed by atoms with van der Waals surface area (Å²) in [5.41, 5.74) is 1.53. The molecule has 2 amide bonds. The van der Waals surface area contributed by atoms with Gasteiger partial charge in [-0.1, -0.05) is 44.5 Å². The molecule has 0 aliphatic rings. The highest BCUT2D eigenvalue weighted by Crippen LogP contribution is 2.15. The predicted octanol–water partition coefficient (Wildman–Crippen LogP) is 3.39. The molecule has 2 N–H and O–H groups in total. The zero-order valence-electron chi connectivity index (χ0n) is 20.0. The number of rotatable bonds is 13. The second-order valence-electron chi connectivity index (χ2n) is 8.11. The van der Waals surface area contributed by atoms with Crippen molar-refractivity contribution in [3.05, 3.63) is 65.5 Å². The maximum atomic E-state index is 13.3. The first-order valence-electron chi connectivity index (χ1n) is 11.6. The van der Waals surface area contributed by atoms with Crippen LogP contribution in [0.4, 0.5) is 4.39 Å². The zero-order valence-corrected chi connectivity index (χ0v) is 20.8. The molecule has 1 atom stereocenters. The first-order chi connectivity index (χ1) is 16.2. The van der Waals surface area contributed by atoms with E-state index in [4.69, 9.17) is 0 Å². The van der Waals surface area contributed by atoms with E-state index in [9.17, 15) is 22.4 Å². The van der Waals surface area contributed by atoms with Crippen LogP contribution >= 0.6 is 0 Å². The molecule has 2 aromatic rings. The number of amides is 2. The average molecular weight is 492 g/mol. The van der Waals surface area contributed by atoms with Crippen molar-refractivity contribution >= 4 is 21.8 Å². The molecule has 0 saturated carbocycles. The van der Waals surface area contributed by atoms with Gasteiger partial charge in [-0.25, -0.2) is 17.5 Å². The lowest BCUT2D eigenvalue weighted by Gasteiger charge is -2.29. The van der Waals surface area contributed by atoms with Gasteiger partial charge in [-0.3, -0.25) is 9.59 Å². The van der Waals surface area contributed by atoms with Gasteiger partial charge in [-0.15, -0.1) is 0 Å². The SMILES string of the molecule is CCCCNC(=O)C(C)N(Cc1ccc(F)cc1)C(=O)CCc1ccc(S(=O)(=O)NCC)cc1. The molecule has 0 fully saturated rings. The van der Waals surface area contributed by atoms with E-state index in [-0.39, 0.29) is 35.5 Å². The molecule has 7 nitrogen and oxygen atoms in total. The summed E-state index contributed by atoms with van der Waals surface area (Å²) < 4.78 is 39.9. The van der Waals surface area contributed by atoms with Gasteiger partial charge in [0.05, 0.1) is 4.90 Å². The summed E-state index contributed by atoms with van der Waals surface area (Å²) in [6, 6.07) is 11.5. The smallest absolute Gasteiger partial charge is 0.242 e. The molecule has 2 rings (SSSR count). The number of hydrogen-bond acceptors (Lipinski definition) is 4. The summed E-state index contributed by atoms with van der Waals surface area (Å²) in [6.07, 6.45) is 2.34. The summed E-state index contributed by atoms with van der Waals surface area (Å²) in [4.78, 5) is 27.4. The Balaban J connectivity index is 2.10. The quantitative estimate of drug-likeness (QED) is 0.420. The molecule has 34 heavy (non-hydrogen) atoms. The zero-order chi connectivity index (χ0) is 25.1. The van der Waals surface area contributed by atoms with Crippen LogP contribution in [0.2, 0.25) is 0 Å². The van der Waals surface area contributed by atoms with Crippen LogP contribution in [0.5, 0.6) is 0 Å². The van der Waals surface area contributed by atoms with Crippen molar-refractivity contribution in [1.29, 1.82) is 0 Å². The van der Waals surface area contributed by atoms with Gasteiger partial charge in [-0.2, -0.15) is 0 Å². The van der Waals surface area contributed by atoms with Crippen LogP contribution in [0.15, 0.2) is 53.4 Å². The van der Waals surface area contributed by atoms with E-state index >= 15 is 0 Å². The van der Waals surface area contributed by atoms with Gasteiger partial charge < -0.3 is 10.2 Å². The van der Waals surface area contributed by atoms with E-state index in [0.717, 1.165) is 24.0 Å². The van der Waals surface area contributed by atoms with Crippen LogP contribution in [0.25, 0.3) is 0 Å². The van der Waals surface area contributed by atoms with Crippen LogP contribution in [0, 0.1) is 5.82 Å². The lowest BCUT2D eigenvalue weighted by atomic mass is 10.1. The Labute approximate surface area is 201 Å². The minimum atomic E-state index is -3.54. The number of sulfonamides is 1. The van der Waals surface area contributed by atoms with Crippen LogP contribution < -0.4 is 10.0 Å². The normalized spacial score (nSPS) is 12.2. The van der Waals surface area contributed by atoms with Crippen LogP contribution in [-0.4, -0.2) is 44.3 Å². The molecule has 1 unspecified atom stereocenters. The highest BCUT2D eigenvalue weighted by atomic mass is 32.2. The molecule has 0 saturated heterocycles. The molecule has 0 aromatic heterocycles. The summed E-state index contributed by atoms with van der Waals surface area (Å²) >= 11 is 0. The fraction of sp³-hybridized carbons (Fsp3) is 0.440. The number of carbonyl (C=O) groups is 2. The van der Waals surface area contributed by atoms with Crippen LogP contribution in [0.1, 0.15) is 51.2 Å². The molecule has 0 aliphatic heterocycles. The van der Waals surface area contributed by atoms with Crippen LogP contribution in [-0.2, 0) is 32.6 Å². The standard InChI is InChI=1S/C25H34FN3O4S/c1-4-6-17-27-25(31)19(3)29(18-21-7-12-22(26)13-8-21)24(30)16-11-20-9-14-23(15-10-20)34(32,33)28-5-2/h7-10,12-15,19,28H,4-6,11,16-18H2,1-3H3,(H,27,31).